The molecule has 3 rings (SSSR count). The van der Waals surface area contributed by atoms with E-state index in [4.69, 9.17) is 5.26 Å². The zero-order valence-corrected chi connectivity index (χ0v) is 13.7. The van der Waals surface area contributed by atoms with Gasteiger partial charge in [-0.25, -0.2) is 9.18 Å². The van der Waals surface area contributed by atoms with Crippen LogP contribution in [0.5, 0.6) is 0 Å². The molecule has 5 nitrogen and oxygen atoms in total. The second-order valence-corrected chi connectivity index (χ2v) is 6.60. The summed E-state index contributed by atoms with van der Waals surface area (Å²) < 4.78 is 13.0. The number of carbonyl (C=O) groups is 1. The first-order valence-corrected chi connectivity index (χ1v) is 8.61. The number of rotatable bonds is 2. The van der Waals surface area contributed by atoms with Gasteiger partial charge in [-0.2, -0.15) is 5.26 Å². The van der Waals surface area contributed by atoms with Gasteiger partial charge in [0.05, 0.1) is 12.0 Å². The average Bonchev–Trinajstić information content (AvgIpc) is 2.63. The highest BCUT2D eigenvalue weighted by Gasteiger charge is 2.26. The number of anilines is 1. The van der Waals surface area contributed by atoms with Gasteiger partial charge in [0.1, 0.15) is 5.82 Å². The summed E-state index contributed by atoms with van der Waals surface area (Å²) in [6.45, 7) is 2.96. The van der Waals surface area contributed by atoms with Crippen LogP contribution in [0, 0.1) is 23.1 Å². The van der Waals surface area contributed by atoms with Crippen LogP contribution in [0.2, 0.25) is 0 Å². The van der Waals surface area contributed by atoms with E-state index in [9.17, 15) is 9.18 Å². The molecule has 2 heterocycles. The fraction of sp³-hybridized carbons (Fsp3) is 0.556. The third-order valence-electron chi connectivity index (χ3n) is 4.91. The minimum absolute atomic E-state index is 0.0372. The van der Waals surface area contributed by atoms with E-state index < -0.39 is 0 Å². The van der Waals surface area contributed by atoms with Gasteiger partial charge in [0.2, 0.25) is 0 Å². The smallest absolute Gasteiger partial charge is 0.317 e. The van der Waals surface area contributed by atoms with Crippen LogP contribution >= 0.6 is 0 Å². The van der Waals surface area contributed by atoms with Gasteiger partial charge in [-0.15, -0.1) is 0 Å². The van der Waals surface area contributed by atoms with Crippen molar-refractivity contribution in [2.75, 3.05) is 31.1 Å². The monoisotopic (exact) mass is 330 g/mol. The number of likely N-dealkylation sites (tertiary alicyclic amines) is 1. The van der Waals surface area contributed by atoms with Gasteiger partial charge in [0.15, 0.2) is 0 Å². The van der Waals surface area contributed by atoms with Crippen LogP contribution in [0.1, 0.15) is 25.7 Å². The Balaban J connectivity index is 1.47. The van der Waals surface area contributed by atoms with Crippen LogP contribution in [0.25, 0.3) is 0 Å². The summed E-state index contributed by atoms with van der Waals surface area (Å²) in [7, 11) is 0. The standard InChI is InChI=1S/C18H23FN4O/c19-15-3-5-17(6-4-15)22-10-7-16(8-11-22)21-18(24)23-9-1-2-14(12-20)13-23/h3-6,14,16H,1-2,7-11,13H2,(H,21,24)/t14-/m0/s1. The van der Waals surface area contributed by atoms with Crippen LogP contribution in [-0.2, 0) is 0 Å². The van der Waals surface area contributed by atoms with E-state index >= 15 is 0 Å². The molecule has 1 aromatic carbocycles. The molecule has 0 aromatic heterocycles. The second kappa shape index (κ2) is 7.52. The van der Waals surface area contributed by atoms with Gasteiger partial charge in [0, 0.05) is 37.9 Å². The highest BCUT2D eigenvalue weighted by atomic mass is 19.1. The number of amides is 2. The number of carbonyl (C=O) groups excluding carboxylic acids is 1. The van der Waals surface area contributed by atoms with Crippen molar-refractivity contribution in [3.63, 3.8) is 0 Å². The molecule has 0 bridgehead atoms. The molecule has 0 saturated carbocycles. The highest BCUT2D eigenvalue weighted by molar-refractivity contribution is 5.74. The number of benzene rings is 1. The maximum atomic E-state index is 13.0. The SMILES string of the molecule is N#C[C@@H]1CCCN(C(=O)NC2CCN(c3ccc(F)cc3)CC2)C1. The minimum atomic E-state index is -0.224. The van der Waals surface area contributed by atoms with Gasteiger partial charge in [-0.1, -0.05) is 0 Å². The molecule has 1 atom stereocenters. The third-order valence-corrected chi connectivity index (χ3v) is 4.91. The Morgan fingerprint density at radius 3 is 2.54 bits per heavy atom. The Morgan fingerprint density at radius 1 is 1.17 bits per heavy atom. The molecule has 0 spiro atoms. The molecule has 6 heteroatoms. The molecule has 0 aliphatic carbocycles. The molecule has 1 aromatic rings. The second-order valence-electron chi connectivity index (χ2n) is 6.60. The molecule has 1 N–H and O–H groups in total. The maximum absolute atomic E-state index is 13.0. The fourth-order valence-electron chi connectivity index (χ4n) is 3.47. The quantitative estimate of drug-likeness (QED) is 0.907. The van der Waals surface area contributed by atoms with E-state index in [1.165, 1.54) is 12.1 Å². The number of hydrogen-bond acceptors (Lipinski definition) is 3. The minimum Gasteiger partial charge on any atom is -0.371 e. The van der Waals surface area contributed by atoms with Crippen LogP contribution in [-0.4, -0.2) is 43.2 Å². The summed E-state index contributed by atoms with van der Waals surface area (Å²) in [6, 6.07) is 8.93. The van der Waals surface area contributed by atoms with E-state index in [1.807, 2.05) is 0 Å². The third kappa shape index (κ3) is 3.97. The van der Waals surface area contributed by atoms with E-state index in [0.717, 1.165) is 51.0 Å². The van der Waals surface area contributed by atoms with Crippen molar-refractivity contribution in [2.45, 2.75) is 31.7 Å². The fourth-order valence-corrected chi connectivity index (χ4v) is 3.47. The van der Waals surface area contributed by atoms with Crippen molar-refractivity contribution in [3.05, 3.63) is 30.1 Å². The van der Waals surface area contributed by atoms with Crippen LogP contribution in [0.3, 0.4) is 0 Å². The van der Waals surface area contributed by atoms with Crippen molar-refractivity contribution in [1.29, 1.82) is 5.26 Å². The average molecular weight is 330 g/mol. The first-order chi connectivity index (χ1) is 11.7. The van der Waals surface area contributed by atoms with E-state index in [1.54, 1.807) is 17.0 Å². The predicted octanol–water partition coefficient (Wildman–Crippen LogP) is 2.74. The zero-order chi connectivity index (χ0) is 16.9. The highest BCUT2D eigenvalue weighted by Crippen LogP contribution is 2.21. The number of nitriles is 1. The zero-order valence-electron chi connectivity index (χ0n) is 13.7. The molecular formula is C18H23FN4O. The Bertz CT molecular complexity index is 604. The molecule has 24 heavy (non-hydrogen) atoms. The number of urea groups is 1. The molecule has 2 saturated heterocycles. The molecule has 0 radical (unpaired) electrons. The number of piperidine rings is 2. The van der Waals surface area contributed by atoms with Crippen molar-refractivity contribution < 1.29 is 9.18 Å². The lowest BCUT2D eigenvalue weighted by Gasteiger charge is -2.36. The molecular weight excluding hydrogens is 307 g/mol. The van der Waals surface area contributed by atoms with Crippen LogP contribution in [0.4, 0.5) is 14.9 Å². The summed E-state index contributed by atoms with van der Waals surface area (Å²) in [6.07, 6.45) is 3.53. The van der Waals surface area contributed by atoms with E-state index in [0.29, 0.717) is 6.54 Å². The number of halogens is 1. The summed E-state index contributed by atoms with van der Waals surface area (Å²) in [5.41, 5.74) is 1.02. The summed E-state index contributed by atoms with van der Waals surface area (Å²) in [5, 5.41) is 12.1. The number of nitrogens with one attached hydrogen (secondary N) is 1. The predicted molar refractivity (Wildman–Crippen MR) is 90.1 cm³/mol. The lowest BCUT2D eigenvalue weighted by atomic mass is 10.00. The molecule has 2 aliphatic heterocycles. The lowest BCUT2D eigenvalue weighted by molar-refractivity contribution is 0.171. The molecule has 0 unspecified atom stereocenters. The summed E-state index contributed by atoms with van der Waals surface area (Å²) in [4.78, 5) is 16.4. The van der Waals surface area contributed by atoms with Gasteiger partial charge in [0.25, 0.3) is 0 Å². The van der Waals surface area contributed by atoms with Crippen molar-refractivity contribution in [3.8, 4) is 6.07 Å². The van der Waals surface area contributed by atoms with Gasteiger partial charge < -0.3 is 15.1 Å². The normalized spacial score (nSPS) is 22.1. The lowest BCUT2D eigenvalue weighted by Crippen LogP contribution is -2.51. The Morgan fingerprint density at radius 2 is 1.88 bits per heavy atom. The topological polar surface area (TPSA) is 59.4 Å². The Labute approximate surface area is 142 Å². The first-order valence-electron chi connectivity index (χ1n) is 8.61. The van der Waals surface area contributed by atoms with Gasteiger partial charge >= 0.3 is 6.03 Å². The Kier molecular flexibility index (Phi) is 5.19. The van der Waals surface area contributed by atoms with Gasteiger partial charge in [-0.3, -0.25) is 0 Å². The van der Waals surface area contributed by atoms with Gasteiger partial charge in [-0.05, 0) is 49.9 Å². The molecule has 2 fully saturated rings. The van der Waals surface area contributed by atoms with Crippen molar-refractivity contribution in [1.82, 2.24) is 10.2 Å². The molecule has 2 aliphatic rings. The first kappa shape index (κ1) is 16.6. The largest absolute Gasteiger partial charge is 0.371 e. The van der Waals surface area contributed by atoms with E-state index in [-0.39, 0.29) is 23.8 Å². The van der Waals surface area contributed by atoms with Crippen LogP contribution in [0.15, 0.2) is 24.3 Å². The molecule has 2 amide bonds. The maximum Gasteiger partial charge on any atom is 0.317 e. The van der Waals surface area contributed by atoms with Crippen LogP contribution < -0.4 is 10.2 Å². The van der Waals surface area contributed by atoms with E-state index in [2.05, 4.69) is 16.3 Å². The number of hydrogen-bond donors (Lipinski definition) is 1. The number of nitrogens with zero attached hydrogens (tertiary/aromatic N) is 3. The van der Waals surface area contributed by atoms with Crippen molar-refractivity contribution in [2.24, 2.45) is 5.92 Å². The summed E-state index contributed by atoms with van der Waals surface area (Å²) >= 11 is 0. The van der Waals surface area contributed by atoms with Crippen molar-refractivity contribution >= 4 is 11.7 Å². The Hall–Kier alpha value is -2.29. The molecule has 128 valence electrons. The summed E-state index contributed by atoms with van der Waals surface area (Å²) in [5.74, 6) is -0.261.